The van der Waals surface area contributed by atoms with Crippen molar-refractivity contribution in [1.29, 1.82) is 0 Å². The molecule has 0 radical (unpaired) electrons. The predicted molar refractivity (Wildman–Crippen MR) is 261 cm³/mol. The van der Waals surface area contributed by atoms with Crippen LogP contribution >= 0.6 is 7.82 Å². The summed E-state index contributed by atoms with van der Waals surface area (Å²) in [6.45, 7) is 4.75. The number of unbranched alkanes of at least 4 members (excludes halogenated alkanes) is 37. The Bertz CT molecular complexity index is 963. The van der Waals surface area contributed by atoms with Gasteiger partial charge in [-0.15, -0.1) is 0 Å². The molecule has 0 saturated carbocycles. The van der Waals surface area contributed by atoms with Crippen LogP contribution in [0, 0.1) is 0 Å². The Morgan fingerprint density at radius 2 is 0.803 bits per heavy atom. The summed E-state index contributed by atoms with van der Waals surface area (Å²) in [7, 11) is 1.32. The van der Waals surface area contributed by atoms with E-state index in [0.717, 1.165) is 38.5 Å². The fourth-order valence-corrected chi connectivity index (χ4v) is 9.06. The van der Waals surface area contributed by atoms with Crippen molar-refractivity contribution < 1.29 is 32.9 Å². The Labute approximate surface area is 380 Å². The van der Waals surface area contributed by atoms with Gasteiger partial charge in [-0.1, -0.05) is 258 Å². The summed E-state index contributed by atoms with van der Waals surface area (Å²) < 4.78 is 23.3. The highest BCUT2D eigenvalue weighted by atomic mass is 31.2. The third kappa shape index (κ3) is 47.3. The molecule has 0 aromatic carbocycles. The first-order chi connectivity index (χ1) is 29.5. The van der Waals surface area contributed by atoms with Crippen molar-refractivity contribution in [3.05, 3.63) is 0 Å². The van der Waals surface area contributed by atoms with Gasteiger partial charge in [0.2, 0.25) is 5.91 Å². The van der Waals surface area contributed by atoms with E-state index >= 15 is 0 Å². The maximum absolute atomic E-state index is 12.9. The quantitative estimate of drug-likeness (QED) is 0.0358. The van der Waals surface area contributed by atoms with Gasteiger partial charge in [-0.3, -0.25) is 9.36 Å². The normalized spacial score (nSPS) is 14.0. The first-order valence-corrected chi connectivity index (χ1v) is 28.3. The molecule has 0 bridgehead atoms. The lowest BCUT2D eigenvalue weighted by molar-refractivity contribution is -0.870. The van der Waals surface area contributed by atoms with Crippen molar-refractivity contribution in [1.82, 2.24) is 5.32 Å². The van der Waals surface area contributed by atoms with Crippen LogP contribution in [0.25, 0.3) is 0 Å². The second-order valence-electron chi connectivity index (χ2n) is 20.0. The van der Waals surface area contributed by atoms with Gasteiger partial charge in [0, 0.05) is 6.42 Å². The highest BCUT2D eigenvalue weighted by Crippen LogP contribution is 2.38. The molecule has 0 aliphatic rings. The fourth-order valence-electron chi connectivity index (χ4n) is 8.34. The third-order valence-corrected chi connectivity index (χ3v) is 13.6. The van der Waals surface area contributed by atoms with Crippen LogP contribution < -0.4 is 10.2 Å². The van der Waals surface area contributed by atoms with Crippen LogP contribution in [0.15, 0.2) is 0 Å². The molecule has 61 heavy (non-hydrogen) atoms. The molecule has 0 aromatic heterocycles. The van der Waals surface area contributed by atoms with Crippen LogP contribution in [-0.4, -0.2) is 68.5 Å². The molecule has 0 saturated heterocycles. The van der Waals surface area contributed by atoms with E-state index in [2.05, 4.69) is 19.2 Å². The van der Waals surface area contributed by atoms with E-state index in [9.17, 15) is 19.4 Å². The van der Waals surface area contributed by atoms with Gasteiger partial charge >= 0.3 is 0 Å². The zero-order valence-electron chi connectivity index (χ0n) is 41.7. The van der Waals surface area contributed by atoms with Gasteiger partial charge in [-0.2, -0.15) is 0 Å². The van der Waals surface area contributed by atoms with Crippen molar-refractivity contribution in [3.63, 3.8) is 0 Å². The number of rotatable bonds is 50. The number of nitrogens with zero attached hydrogens (tertiary/aromatic N) is 1. The monoisotopic (exact) mass is 887 g/mol. The molecule has 0 fully saturated rings. The summed E-state index contributed by atoms with van der Waals surface area (Å²) in [5, 5.41) is 13.9. The van der Waals surface area contributed by atoms with Crippen molar-refractivity contribution in [2.24, 2.45) is 0 Å². The molecule has 0 aromatic rings. The molecule has 8 nitrogen and oxygen atoms in total. The summed E-state index contributed by atoms with van der Waals surface area (Å²) in [4.78, 5) is 25.4. The summed E-state index contributed by atoms with van der Waals surface area (Å²) in [6, 6.07) is -0.793. The summed E-state index contributed by atoms with van der Waals surface area (Å²) in [5.41, 5.74) is 0. The van der Waals surface area contributed by atoms with E-state index in [0.29, 0.717) is 23.9 Å². The van der Waals surface area contributed by atoms with E-state index in [1.807, 2.05) is 21.1 Å². The number of aliphatic hydroxyl groups is 1. The van der Waals surface area contributed by atoms with Crippen molar-refractivity contribution in [2.75, 3.05) is 40.9 Å². The molecule has 1 amide bonds. The largest absolute Gasteiger partial charge is 0.756 e. The molecule has 0 spiro atoms. The first kappa shape index (κ1) is 60.5. The SMILES string of the molecule is CCCCCCCCCCCCCCCCCCCCCCCCCCCCCC(=O)N[C@@H](COP(=O)([O-])OCC[N+](C)(C)C)[C@H](O)CCCCCCCCCCCCCC. The van der Waals surface area contributed by atoms with E-state index in [1.165, 1.54) is 212 Å². The van der Waals surface area contributed by atoms with Crippen molar-refractivity contribution in [3.8, 4) is 0 Å². The Morgan fingerprint density at radius 3 is 1.11 bits per heavy atom. The molecule has 2 N–H and O–H groups in total. The number of nitrogens with one attached hydrogen (secondary N) is 1. The van der Waals surface area contributed by atoms with Gasteiger partial charge in [0.05, 0.1) is 39.9 Å². The van der Waals surface area contributed by atoms with Crippen LogP contribution in [0.2, 0.25) is 0 Å². The molecule has 0 aliphatic heterocycles. The lowest BCUT2D eigenvalue weighted by atomic mass is 10.0. The molecule has 0 heterocycles. The summed E-state index contributed by atoms with van der Waals surface area (Å²) in [6.07, 6.45) is 51.3. The number of hydrogen-bond acceptors (Lipinski definition) is 6. The third-order valence-electron chi connectivity index (χ3n) is 12.6. The molecule has 9 heteroatoms. The van der Waals surface area contributed by atoms with Crippen LogP contribution in [0.4, 0.5) is 0 Å². The Hall–Kier alpha value is -0.500. The summed E-state index contributed by atoms with van der Waals surface area (Å²) in [5.74, 6) is -0.159. The smallest absolute Gasteiger partial charge is 0.268 e. The maximum Gasteiger partial charge on any atom is 0.268 e. The van der Waals surface area contributed by atoms with Gasteiger partial charge in [-0.25, -0.2) is 0 Å². The highest BCUT2D eigenvalue weighted by molar-refractivity contribution is 7.45. The predicted octanol–water partition coefficient (Wildman–Crippen LogP) is 15.1. The Morgan fingerprint density at radius 1 is 0.508 bits per heavy atom. The van der Waals surface area contributed by atoms with Crippen LogP contribution in [0.5, 0.6) is 0 Å². The van der Waals surface area contributed by atoms with Gasteiger partial charge in [0.15, 0.2) is 0 Å². The fraction of sp³-hybridized carbons (Fsp3) is 0.981. The average molecular weight is 887 g/mol. The number of quaternary nitrogens is 1. The minimum absolute atomic E-state index is 0.0162. The topological polar surface area (TPSA) is 108 Å². The minimum Gasteiger partial charge on any atom is -0.756 e. The van der Waals surface area contributed by atoms with Crippen molar-refractivity contribution in [2.45, 2.75) is 289 Å². The standard InChI is InChI=1S/C52H107N2O6P/c1-6-8-10-12-14-16-18-20-21-22-23-24-25-26-27-28-29-30-31-32-33-34-36-38-40-42-44-46-52(56)53-50(49-60-61(57,58)59-48-47-54(3,4)5)51(55)45-43-41-39-37-35-19-17-15-13-11-9-7-2/h50-51,55H,6-49H2,1-5H3,(H-,53,56,57,58)/t50-,51+/m0/s1. The Balaban J connectivity index is 4.03. The van der Waals surface area contributed by atoms with Gasteiger partial charge < -0.3 is 28.8 Å². The van der Waals surface area contributed by atoms with Crippen LogP contribution in [-0.2, 0) is 18.4 Å². The number of amides is 1. The molecule has 1 unspecified atom stereocenters. The first-order valence-electron chi connectivity index (χ1n) is 26.9. The molecule has 0 aliphatic carbocycles. The number of hydrogen-bond donors (Lipinski definition) is 2. The number of phosphoric acid groups is 1. The lowest BCUT2D eigenvalue weighted by Gasteiger charge is -2.30. The average Bonchev–Trinajstić information content (AvgIpc) is 3.21. The highest BCUT2D eigenvalue weighted by Gasteiger charge is 2.24. The van der Waals surface area contributed by atoms with Crippen LogP contribution in [0.3, 0.4) is 0 Å². The van der Waals surface area contributed by atoms with E-state index < -0.39 is 20.0 Å². The molecule has 3 atom stereocenters. The zero-order valence-corrected chi connectivity index (χ0v) is 42.5. The maximum atomic E-state index is 12.9. The van der Waals surface area contributed by atoms with Gasteiger partial charge in [0.1, 0.15) is 13.2 Å². The van der Waals surface area contributed by atoms with Gasteiger partial charge in [0.25, 0.3) is 7.82 Å². The number of carbonyl (C=O) groups excluding carboxylic acids is 1. The molecule has 0 rings (SSSR count). The number of phosphoric ester groups is 1. The van der Waals surface area contributed by atoms with E-state index in [-0.39, 0.29) is 19.1 Å². The van der Waals surface area contributed by atoms with E-state index in [4.69, 9.17) is 9.05 Å². The number of likely N-dealkylation sites (N-methyl/N-ethyl adjacent to an activating group) is 1. The van der Waals surface area contributed by atoms with Crippen molar-refractivity contribution >= 4 is 13.7 Å². The van der Waals surface area contributed by atoms with E-state index in [1.54, 1.807) is 0 Å². The molecule has 366 valence electrons. The second kappa shape index (κ2) is 44.7. The summed E-state index contributed by atoms with van der Waals surface area (Å²) >= 11 is 0. The molecular formula is C52H107N2O6P. The minimum atomic E-state index is -4.56. The Kier molecular flexibility index (Phi) is 44.3. The molecular weight excluding hydrogens is 780 g/mol. The second-order valence-corrected chi connectivity index (χ2v) is 21.4. The number of aliphatic hydroxyl groups excluding tert-OH is 1. The van der Waals surface area contributed by atoms with Gasteiger partial charge in [-0.05, 0) is 12.8 Å². The van der Waals surface area contributed by atoms with Crippen LogP contribution in [0.1, 0.15) is 277 Å². The zero-order chi connectivity index (χ0) is 45.0. The lowest BCUT2D eigenvalue weighted by Crippen LogP contribution is -2.46. The number of carbonyl (C=O) groups is 1.